The summed E-state index contributed by atoms with van der Waals surface area (Å²) in [6.07, 6.45) is 0.837. The predicted molar refractivity (Wildman–Crippen MR) is 118 cm³/mol. The summed E-state index contributed by atoms with van der Waals surface area (Å²) in [4.78, 5) is 12.6. The average molecular weight is 458 g/mol. The first-order valence-corrected chi connectivity index (χ1v) is 11.4. The molecular weight excluding hydrogens is 433 g/mol. The molecule has 2 heterocycles. The Balaban J connectivity index is 1.38. The third kappa shape index (κ3) is 5.40. The molecule has 0 aliphatic carbocycles. The minimum Gasteiger partial charge on any atom is -0.490 e. The summed E-state index contributed by atoms with van der Waals surface area (Å²) in [6.45, 7) is 5.34. The van der Waals surface area contributed by atoms with Gasteiger partial charge in [-0.25, -0.2) is 4.39 Å². The fourth-order valence-corrected chi connectivity index (χ4v) is 3.90. The third-order valence-electron chi connectivity index (χ3n) is 4.94. The summed E-state index contributed by atoms with van der Waals surface area (Å²) in [5.41, 5.74) is 1.57. The number of carbonyl (C=O) groups is 1. The Morgan fingerprint density at radius 1 is 1.09 bits per heavy atom. The smallest absolute Gasteiger partial charge is 0.277 e. The molecule has 0 radical (unpaired) electrons. The molecule has 0 saturated heterocycles. The summed E-state index contributed by atoms with van der Waals surface area (Å²) in [7, 11) is 0. The molecule has 2 aromatic carbocycles. The molecule has 168 valence electrons. The van der Waals surface area contributed by atoms with E-state index < -0.39 is 0 Å². The summed E-state index contributed by atoms with van der Waals surface area (Å²) in [5.74, 6) is 1.51. The van der Waals surface area contributed by atoms with Crippen LogP contribution in [0.15, 0.2) is 52.1 Å². The topological polar surface area (TPSA) is 86.5 Å². The van der Waals surface area contributed by atoms with Gasteiger partial charge in [-0.05, 0) is 47.9 Å². The number of fused-ring (bicyclic) bond motifs is 1. The molecule has 9 heteroatoms. The average Bonchev–Trinajstić information content (AvgIpc) is 3.13. The molecule has 1 aliphatic heterocycles. The highest BCUT2D eigenvalue weighted by Crippen LogP contribution is 2.34. The number of carbonyl (C=O) groups excluding carboxylic acids is 1. The van der Waals surface area contributed by atoms with Crippen LogP contribution in [-0.4, -0.2) is 35.1 Å². The lowest BCUT2D eigenvalue weighted by molar-refractivity contribution is -0.119. The highest BCUT2D eigenvalue weighted by atomic mass is 32.2. The van der Waals surface area contributed by atoms with Crippen molar-refractivity contribution in [2.45, 2.75) is 31.5 Å². The standard InChI is InChI=1S/C23H24FN3O4S/c1-14(2)21(16-6-9-18-19(12-16)30-11-3-10-29-18)25-20(28)13-32-23-27-26-22(31-23)15-4-7-17(24)8-5-15/h4-9,12,14,21H,3,10-11,13H2,1-2H3,(H,25,28)/t21-/m0/s1. The highest BCUT2D eigenvalue weighted by molar-refractivity contribution is 7.99. The van der Waals surface area contributed by atoms with Crippen molar-refractivity contribution in [3.05, 3.63) is 53.8 Å². The van der Waals surface area contributed by atoms with E-state index >= 15 is 0 Å². The molecule has 0 fully saturated rings. The zero-order valence-electron chi connectivity index (χ0n) is 17.8. The number of aromatic nitrogens is 2. The SMILES string of the molecule is CC(C)[C@H](NC(=O)CSc1nnc(-c2ccc(F)cc2)o1)c1ccc2c(c1)OCCCO2. The number of nitrogens with one attached hydrogen (secondary N) is 1. The van der Waals surface area contributed by atoms with E-state index in [1.807, 2.05) is 32.0 Å². The Labute approximate surface area is 189 Å². The molecular formula is C23H24FN3O4S. The van der Waals surface area contributed by atoms with Gasteiger partial charge in [0.25, 0.3) is 5.22 Å². The molecule has 1 amide bonds. The van der Waals surface area contributed by atoms with Crippen molar-refractivity contribution in [1.82, 2.24) is 15.5 Å². The number of nitrogens with zero attached hydrogens (tertiary/aromatic N) is 2. The van der Waals surface area contributed by atoms with Gasteiger partial charge in [-0.15, -0.1) is 10.2 Å². The van der Waals surface area contributed by atoms with Gasteiger partial charge >= 0.3 is 0 Å². The minimum absolute atomic E-state index is 0.124. The molecule has 7 nitrogen and oxygen atoms in total. The molecule has 1 atom stereocenters. The fraction of sp³-hybridized carbons (Fsp3) is 0.348. The lowest BCUT2D eigenvalue weighted by atomic mass is 9.95. The van der Waals surface area contributed by atoms with E-state index in [-0.39, 0.29) is 40.6 Å². The van der Waals surface area contributed by atoms with Crippen molar-refractivity contribution < 1.29 is 23.1 Å². The summed E-state index contributed by atoms with van der Waals surface area (Å²) < 4.78 is 30.1. The zero-order chi connectivity index (χ0) is 22.5. The highest BCUT2D eigenvalue weighted by Gasteiger charge is 2.22. The molecule has 4 rings (SSSR count). The third-order valence-corrected chi connectivity index (χ3v) is 5.76. The van der Waals surface area contributed by atoms with Crippen LogP contribution >= 0.6 is 11.8 Å². The number of thioether (sulfide) groups is 1. The van der Waals surface area contributed by atoms with Gasteiger partial charge < -0.3 is 19.2 Å². The Morgan fingerprint density at radius 3 is 2.59 bits per heavy atom. The van der Waals surface area contributed by atoms with Crippen molar-refractivity contribution in [1.29, 1.82) is 0 Å². The number of amides is 1. The van der Waals surface area contributed by atoms with Crippen LogP contribution in [0.4, 0.5) is 4.39 Å². The number of ether oxygens (including phenoxy) is 2. The Bertz CT molecular complexity index is 1070. The van der Waals surface area contributed by atoms with E-state index in [0.29, 0.717) is 24.5 Å². The van der Waals surface area contributed by atoms with Crippen molar-refractivity contribution in [2.24, 2.45) is 5.92 Å². The Kier molecular flexibility index (Phi) is 6.94. The number of benzene rings is 2. The first-order valence-electron chi connectivity index (χ1n) is 10.4. The quantitative estimate of drug-likeness (QED) is 0.517. The molecule has 1 aliphatic rings. The van der Waals surface area contributed by atoms with Crippen LogP contribution in [0.25, 0.3) is 11.5 Å². The fourth-order valence-electron chi connectivity index (χ4n) is 3.33. The summed E-state index contributed by atoms with van der Waals surface area (Å²) in [5, 5.41) is 11.3. The van der Waals surface area contributed by atoms with Gasteiger partial charge in [-0.2, -0.15) is 0 Å². The minimum atomic E-state index is -0.340. The molecule has 1 aromatic heterocycles. The molecule has 0 bridgehead atoms. The normalized spacial score (nSPS) is 14.1. The van der Waals surface area contributed by atoms with E-state index in [1.54, 1.807) is 12.1 Å². The van der Waals surface area contributed by atoms with Crippen molar-refractivity contribution in [3.8, 4) is 23.0 Å². The number of hydrogen-bond acceptors (Lipinski definition) is 7. The van der Waals surface area contributed by atoms with Crippen molar-refractivity contribution in [2.75, 3.05) is 19.0 Å². The van der Waals surface area contributed by atoms with Gasteiger partial charge in [-0.3, -0.25) is 4.79 Å². The largest absolute Gasteiger partial charge is 0.490 e. The van der Waals surface area contributed by atoms with Gasteiger partial charge in [0.15, 0.2) is 11.5 Å². The summed E-state index contributed by atoms with van der Waals surface area (Å²) in [6, 6.07) is 11.4. The molecule has 1 N–H and O–H groups in total. The van der Waals surface area contributed by atoms with Gasteiger partial charge in [0, 0.05) is 12.0 Å². The van der Waals surface area contributed by atoms with Crippen LogP contribution in [-0.2, 0) is 4.79 Å². The lowest BCUT2D eigenvalue weighted by Crippen LogP contribution is -2.33. The first kappa shape index (κ1) is 22.1. The van der Waals surface area contributed by atoms with Gasteiger partial charge in [0.2, 0.25) is 11.8 Å². The number of halogens is 1. The first-order chi connectivity index (χ1) is 15.5. The molecule has 32 heavy (non-hydrogen) atoms. The Hall–Kier alpha value is -3.07. The second-order valence-corrected chi connectivity index (χ2v) is 8.64. The van der Waals surface area contributed by atoms with Crippen molar-refractivity contribution in [3.63, 3.8) is 0 Å². The lowest BCUT2D eigenvalue weighted by Gasteiger charge is -2.23. The van der Waals surface area contributed by atoms with Gasteiger partial charge in [0.05, 0.1) is 25.0 Å². The van der Waals surface area contributed by atoms with Crippen LogP contribution in [0.5, 0.6) is 11.5 Å². The molecule has 0 spiro atoms. The predicted octanol–water partition coefficient (Wildman–Crippen LogP) is 4.64. The monoisotopic (exact) mass is 457 g/mol. The van der Waals surface area contributed by atoms with Crippen LogP contribution < -0.4 is 14.8 Å². The maximum absolute atomic E-state index is 13.1. The number of rotatable bonds is 7. The van der Waals surface area contributed by atoms with Gasteiger partial charge in [-0.1, -0.05) is 31.7 Å². The van der Waals surface area contributed by atoms with E-state index in [1.165, 1.54) is 12.1 Å². The van der Waals surface area contributed by atoms with E-state index in [2.05, 4.69) is 15.5 Å². The van der Waals surface area contributed by atoms with E-state index in [9.17, 15) is 9.18 Å². The summed E-state index contributed by atoms with van der Waals surface area (Å²) >= 11 is 1.15. The van der Waals surface area contributed by atoms with E-state index in [0.717, 1.165) is 29.5 Å². The van der Waals surface area contributed by atoms with Crippen LogP contribution in [0.3, 0.4) is 0 Å². The van der Waals surface area contributed by atoms with Crippen molar-refractivity contribution >= 4 is 17.7 Å². The Morgan fingerprint density at radius 2 is 1.84 bits per heavy atom. The molecule has 0 saturated carbocycles. The number of hydrogen-bond donors (Lipinski definition) is 1. The second-order valence-electron chi connectivity index (χ2n) is 7.71. The molecule has 3 aromatic rings. The van der Waals surface area contributed by atoms with Gasteiger partial charge in [0.1, 0.15) is 5.82 Å². The van der Waals surface area contributed by atoms with Crippen LogP contribution in [0.1, 0.15) is 31.9 Å². The molecule has 0 unspecified atom stereocenters. The maximum Gasteiger partial charge on any atom is 0.277 e. The zero-order valence-corrected chi connectivity index (χ0v) is 18.7. The van der Waals surface area contributed by atoms with Crippen LogP contribution in [0, 0.1) is 11.7 Å². The van der Waals surface area contributed by atoms with E-state index in [4.69, 9.17) is 13.9 Å². The second kappa shape index (κ2) is 10.0. The van der Waals surface area contributed by atoms with Crippen LogP contribution in [0.2, 0.25) is 0 Å². The maximum atomic E-state index is 13.1.